The molecule has 0 aliphatic carbocycles. The van der Waals surface area contributed by atoms with Gasteiger partial charge in [-0.15, -0.1) is 0 Å². The highest BCUT2D eigenvalue weighted by Crippen LogP contribution is 2.32. The summed E-state index contributed by atoms with van der Waals surface area (Å²) in [6.45, 7) is 5.49. The molecule has 0 heterocycles. The van der Waals surface area contributed by atoms with Crippen LogP contribution in [0.15, 0.2) is 71.6 Å². The molecule has 3 rings (SSSR count). The Balaban J connectivity index is 1.91. The first-order valence-electron chi connectivity index (χ1n) is 11.4. The van der Waals surface area contributed by atoms with Crippen molar-refractivity contribution in [2.75, 3.05) is 25.1 Å². The summed E-state index contributed by atoms with van der Waals surface area (Å²) in [6, 6.07) is 19.1. The van der Waals surface area contributed by atoms with Gasteiger partial charge in [-0.1, -0.05) is 48.9 Å². The highest BCUT2D eigenvalue weighted by atomic mass is 32.2. The Morgan fingerprint density at radius 1 is 0.943 bits per heavy atom. The molecule has 0 bridgehead atoms. The van der Waals surface area contributed by atoms with E-state index in [2.05, 4.69) is 12.2 Å². The van der Waals surface area contributed by atoms with Crippen molar-refractivity contribution in [2.24, 2.45) is 0 Å². The van der Waals surface area contributed by atoms with Crippen LogP contribution in [-0.4, -0.2) is 35.1 Å². The van der Waals surface area contributed by atoms with Gasteiger partial charge in [-0.3, -0.25) is 9.10 Å². The molecule has 0 fully saturated rings. The van der Waals surface area contributed by atoms with Crippen LogP contribution in [0.2, 0.25) is 0 Å². The first-order chi connectivity index (χ1) is 16.7. The number of aryl methyl sites for hydroxylation is 2. The van der Waals surface area contributed by atoms with E-state index in [0.29, 0.717) is 11.4 Å². The molecule has 1 N–H and O–H groups in total. The predicted octanol–water partition coefficient (Wildman–Crippen LogP) is 4.65. The lowest BCUT2D eigenvalue weighted by atomic mass is 10.1. The molecule has 0 spiro atoms. The van der Waals surface area contributed by atoms with Gasteiger partial charge in [0.05, 0.1) is 30.8 Å². The van der Waals surface area contributed by atoms with Gasteiger partial charge < -0.3 is 14.8 Å². The maximum atomic E-state index is 13.7. The molecule has 0 aliphatic rings. The zero-order valence-corrected chi connectivity index (χ0v) is 21.6. The summed E-state index contributed by atoms with van der Waals surface area (Å²) in [6.07, 6.45) is 0.931. The van der Waals surface area contributed by atoms with Crippen LogP contribution in [0.5, 0.6) is 11.5 Å². The minimum atomic E-state index is -4.09. The summed E-state index contributed by atoms with van der Waals surface area (Å²) in [4.78, 5) is 13.0. The van der Waals surface area contributed by atoms with Crippen LogP contribution < -0.4 is 19.1 Å². The van der Waals surface area contributed by atoms with E-state index in [1.165, 1.54) is 38.0 Å². The van der Waals surface area contributed by atoms with E-state index < -0.39 is 15.9 Å². The number of sulfonamides is 1. The number of nitrogens with zero attached hydrogens (tertiary/aromatic N) is 1. The van der Waals surface area contributed by atoms with Gasteiger partial charge in [0.1, 0.15) is 6.54 Å². The number of anilines is 1. The van der Waals surface area contributed by atoms with Crippen LogP contribution in [0, 0.1) is 6.92 Å². The number of rotatable bonds is 10. The van der Waals surface area contributed by atoms with E-state index in [0.717, 1.165) is 21.9 Å². The lowest BCUT2D eigenvalue weighted by molar-refractivity contribution is -0.120. The molecule has 8 heteroatoms. The zero-order chi connectivity index (χ0) is 25.6. The molecule has 1 amide bonds. The summed E-state index contributed by atoms with van der Waals surface area (Å²) in [7, 11) is -1.18. The fourth-order valence-electron chi connectivity index (χ4n) is 3.67. The molecular formula is C27H32N2O5S. The smallest absolute Gasteiger partial charge is 0.264 e. The minimum Gasteiger partial charge on any atom is -0.493 e. The van der Waals surface area contributed by atoms with Crippen molar-refractivity contribution in [3.05, 3.63) is 83.4 Å². The average molecular weight is 497 g/mol. The predicted molar refractivity (Wildman–Crippen MR) is 138 cm³/mol. The Morgan fingerprint density at radius 2 is 1.57 bits per heavy atom. The van der Waals surface area contributed by atoms with Crippen molar-refractivity contribution in [1.82, 2.24) is 5.32 Å². The van der Waals surface area contributed by atoms with E-state index in [4.69, 9.17) is 9.47 Å². The number of methoxy groups -OCH3 is 2. The standard InChI is InChI=1S/C27H32N2O5S/c1-6-21-9-11-22(12-10-21)20(3)28-27(30)18-29(23-13-7-19(2)8-14-23)35(31,32)24-15-16-25(33-4)26(17-24)34-5/h7-17,20H,6,18H2,1-5H3,(H,28,30)/t20-/m0/s1. The molecule has 0 unspecified atom stereocenters. The van der Waals surface area contributed by atoms with Crippen molar-refractivity contribution >= 4 is 21.6 Å². The second-order valence-electron chi connectivity index (χ2n) is 8.25. The van der Waals surface area contributed by atoms with Crippen LogP contribution >= 0.6 is 0 Å². The van der Waals surface area contributed by atoms with E-state index in [-0.39, 0.29) is 23.2 Å². The number of nitrogens with one attached hydrogen (secondary N) is 1. The highest BCUT2D eigenvalue weighted by molar-refractivity contribution is 7.92. The van der Waals surface area contributed by atoms with Crippen molar-refractivity contribution in [3.8, 4) is 11.5 Å². The minimum absolute atomic E-state index is 0.00766. The number of carbonyl (C=O) groups is 1. The van der Waals surface area contributed by atoms with E-state index in [9.17, 15) is 13.2 Å². The maximum Gasteiger partial charge on any atom is 0.264 e. The second kappa shape index (κ2) is 11.3. The number of hydrogen-bond donors (Lipinski definition) is 1. The number of hydrogen-bond acceptors (Lipinski definition) is 5. The van der Waals surface area contributed by atoms with E-state index in [1.54, 1.807) is 12.1 Å². The van der Waals surface area contributed by atoms with Crippen LogP contribution in [0.1, 0.15) is 36.6 Å². The van der Waals surface area contributed by atoms with Crippen LogP contribution in [0.4, 0.5) is 5.69 Å². The number of carbonyl (C=O) groups excluding carboxylic acids is 1. The summed E-state index contributed by atoms with van der Waals surface area (Å²) in [5.74, 6) is 0.279. The molecule has 3 aromatic rings. The Kier molecular flexibility index (Phi) is 8.40. The molecular weight excluding hydrogens is 464 g/mol. The van der Waals surface area contributed by atoms with Crippen molar-refractivity contribution < 1.29 is 22.7 Å². The molecule has 0 radical (unpaired) electrons. The van der Waals surface area contributed by atoms with Gasteiger partial charge in [-0.05, 0) is 55.7 Å². The zero-order valence-electron chi connectivity index (χ0n) is 20.7. The molecule has 1 atom stereocenters. The third-order valence-corrected chi connectivity index (χ3v) is 7.59. The van der Waals surface area contributed by atoms with Gasteiger partial charge in [-0.2, -0.15) is 0 Å². The molecule has 35 heavy (non-hydrogen) atoms. The number of ether oxygens (including phenoxy) is 2. The summed E-state index contributed by atoms with van der Waals surface area (Å²) in [5.41, 5.74) is 3.52. The van der Waals surface area contributed by atoms with Gasteiger partial charge in [0, 0.05) is 6.07 Å². The Hall–Kier alpha value is -3.52. The third kappa shape index (κ3) is 6.14. The van der Waals surface area contributed by atoms with Crippen LogP contribution in [-0.2, 0) is 21.2 Å². The lowest BCUT2D eigenvalue weighted by Crippen LogP contribution is -2.41. The molecule has 186 valence electrons. The molecule has 0 saturated carbocycles. The van der Waals surface area contributed by atoms with Crippen molar-refractivity contribution in [2.45, 2.75) is 38.1 Å². The maximum absolute atomic E-state index is 13.7. The van der Waals surface area contributed by atoms with Crippen LogP contribution in [0.25, 0.3) is 0 Å². The van der Waals surface area contributed by atoms with Gasteiger partial charge >= 0.3 is 0 Å². The Labute approximate surface area is 207 Å². The Bertz CT molecular complexity index is 1260. The SMILES string of the molecule is CCc1ccc([C@H](C)NC(=O)CN(c2ccc(C)cc2)S(=O)(=O)c2ccc(OC)c(OC)c2)cc1. The quantitative estimate of drug-likeness (QED) is 0.442. The third-order valence-electron chi connectivity index (χ3n) is 5.82. The Morgan fingerprint density at radius 3 is 2.14 bits per heavy atom. The largest absolute Gasteiger partial charge is 0.493 e. The molecule has 3 aromatic carbocycles. The first-order valence-corrected chi connectivity index (χ1v) is 12.8. The molecule has 7 nitrogen and oxygen atoms in total. The van der Waals surface area contributed by atoms with E-state index >= 15 is 0 Å². The lowest BCUT2D eigenvalue weighted by Gasteiger charge is -2.25. The fourth-order valence-corrected chi connectivity index (χ4v) is 5.11. The second-order valence-corrected chi connectivity index (χ2v) is 10.1. The topological polar surface area (TPSA) is 84.9 Å². The van der Waals surface area contributed by atoms with Gasteiger partial charge in [0.2, 0.25) is 5.91 Å². The summed E-state index contributed by atoms with van der Waals surface area (Å²) >= 11 is 0. The average Bonchev–Trinajstić information content (AvgIpc) is 2.87. The fraction of sp³-hybridized carbons (Fsp3) is 0.296. The van der Waals surface area contributed by atoms with Crippen LogP contribution in [0.3, 0.4) is 0 Å². The molecule has 0 aliphatic heterocycles. The van der Waals surface area contributed by atoms with E-state index in [1.807, 2.05) is 50.2 Å². The highest BCUT2D eigenvalue weighted by Gasteiger charge is 2.29. The van der Waals surface area contributed by atoms with Crippen molar-refractivity contribution in [1.29, 1.82) is 0 Å². The monoisotopic (exact) mass is 496 g/mol. The molecule has 0 aromatic heterocycles. The first kappa shape index (κ1) is 26.1. The van der Waals surface area contributed by atoms with Crippen molar-refractivity contribution in [3.63, 3.8) is 0 Å². The summed E-state index contributed by atoms with van der Waals surface area (Å²) < 4.78 is 39.0. The molecule has 0 saturated heterocycles. The number of benzene rings is 3. The normalized spacial score (nSPS) is 12.0. The van der Waals surface area contributed by atoms with Gasteiger partial charge in [0.25, 0.3) is 10.0 Å². The summed E-state index contributed by atoms with van der Waals surface area (Å²) in [5, 5.41) is 2.92. The number of amides is 1. The van der Waals surface area contributed by atoms with Gasteiger partial charge in [-0.25, -0.2) is 8.42 Å². The van der Waals surface area contributed by atoms with Gasteiger partial charge in [0.15, 0.2) is 11.5 Å².